The van der Waals surface area contributed by atoms with Crippen LogP contribution in [0.2, 0.25) is 0 Å². The van der Waals surface area contributed by atoms with Gasteiger partial charge in [0, 0.05) is 13.0 Å². The van der Waals surface area contributed by atoms with E-state index >= 15 is 0 Å². The van der Waals surface area contributed by atoms with Crippen LogP contribution in [0, 0.1) is 0 Å². The quantitative estimate of drug-likeness (QED) is 0.134. The Kier molecular flexibility index (Phi) is 12.7. The Balaban J connectivity index is 1.67. The lowest BCUT2D eigenvalue weighted by molar-refractivity contribution is -0.277. The van der Waals surface area contributed by atoms with Gasteiger partial charge in [0.2, 0.25) is 6.29 Å². The normalized spacial score (nSPS) is 22.8. The Morgan fingerprint density at radius 3 is 2.17 bits per heavy atom. The van der Waals surface area contributed by atoms with E-state index in [1.165, 1.54) is 51.0 Å². The fourth-order valence-corrected chi connectivity index (χ4v) is 4.63. The van der Waals surface area contributed by atoms with Crippen molar-refractivity contribution in [1.82, 2.24) is 0 Å². The van der Waals surface area contributed by atoms with E-state index in [4.69, 9.17) is 23.4 Å². The molecule has 5 atom stereocenters. The minimum Gasteiger partial charge on any atom is -0.493 e. The largest absolute Gasteiger partial charge is 0.493 e. The number of hydrogen-bond acceptors (Lipinski definition) is 11. The second kappa shape index (κ2) is 15.9. The van der Waals surface area contributed by atoms with Gasteiger partial charge in [-0.15, -0.1) is 0 Å². The predicted octanol–water partition coefficient (Wildman–Crippen LogP) is 3.20. The summed E-state index contributed by atoms with van der Waals surface area (Å²) in [5.41, 5.74) is -0.949. The molecule has 0 amide bonds. The van der Waals surface area contributed by atoms with Crippen molar-refractivity contribution in [1.29, 1.82) is 0 Å². The van der Waals surface area contributed by atoms with E-state index in [-0.39, 0.29) is 16.7 Å². The van der Waals surface area contributed by atoms with Crippen LogP contribution in [0.4, 0.5) is 0 Å². The van der Waals surface area contributed by atoms with Gasteiger partial charge in [0.15, 0.2) is 5.75 Å². The molecule has 1 aromatic carbocycles. The molecule has 224 valence electrons. The van der Waals surface area contributed by atoms with Crippen LogP contribution < -0.4 is 19.8 Å². The monoisotopic (exact) mass is 566 g/mol. The van der Waals surface area contributed by atoms with Gasteiger partial charge in [-0.25, -0.2) is 4.79 Å². The molecule has 40 heavy (non-hydrogen) atoms. The standard InChI is InChI=1S/C29H42O11/c1-3-4-5-6-7-8-9-10-11-12-15-36-19-13-14-20-21(16-19)38-28(35)27(37-18(2)31)26(20)40-29-25(34)24(33)23(32)22(17-30)39-29/h13-14,16,22-25,29-30,32-34H,3-12,15,17H2,1-2H3/t22-,23-,24+,25+,29+/m1/s1. The van der Waals surface area contributed by atoms with Gasteiger partial charge in [0.1, 0.15) is 35.7 Å². The molecule has 1 saturated heterocycles. The molecule has 2 aromatic rings. The molecule has 1 fully saturated rings. The van der Waals surface area contributed by atoms with E-state index < -0.39 is 54.7 Å². The maximum absolute atomic E-state index is 12.7. The molecule has 1 aromatic heterocycles. The highest BCUT2D eigenvalue weighted by Gasteiger charge is 2.45. The molecule has 1 aliphatic rings. The van der Waals surface area contributed by atoms with E-state index in [1.54, 1.807) is 12.1 Å². The Morgan fingerprint density at radius 1 is 0.900 bits per heavy atom. The van der Waals surface area contributed by atoms with Crippen LogP contribution in [0.15, 0.2) is 27.4 Å². The predicted molar refractivity (Wildman–Crippen MR) is 146 cm³/mol. The van der Waals surface area contributed by atoms with E-state index in [2.05, 4.69) is 6.92 Å². The molecule has 0 saturated carbocycles. The summed E-state index contributed by atoms with van der Waals surface area (Å²) in [5, 5.41) is 40.2. The second-order valence-corrected chi connectivity index (χ2v) is 10.1. The number of unbranched alkanes of at least 4 members (excludes halogenated alkanes) is 9. The molecule has 3 rings (SSSR count). The summed E-state index contributed by atoms with van der Waals surface area (Å²) in [6.07, 6.45) is 4.18. The molecule has 11 nitrogen and oxygen atoms in total. The molecule has 4 N–H and O–H groups in total. The van der Waals surface area contributed by atoms with E-state index in [1.807, 2.05) is 0 Å². The highest BCUT2D eigenvalue weighted by Crippen LogP contribution is 2.37. The lowest BCUT2D eigenvalue weighted by Gasteiger charge is -2.39. The third kappa shape index (κ3) is 8.65. The molecular weight excluding hydrogens is 524 g/mol. The number of carbonyl (C=O) groups is 1. The van der Waals surface area contributed by atoms with Crippen LogP contribution in [-0.4, -0.2) is 70.3 Å². The van der Waals surface area contributed by atoms with Crippen molar-refractivity contribution in [2.45, 2.75) is 109 Å². The number of rotatable bonds is 16. The zero-order valence-electron chi connectivity index (χ0n) is 23.3. The van der Waals surface area contributed by atoms with Crippen molar-refractivity contribution in [3.63, 3.8) is 0 Å². The fraction of sp³-hybridized carbons (Fsp3) is 0.655. The third-order valence-corrected chi connectivity index (χ3v) is 6.89. The first-order valence-corrected chi connectivity index (χ1v) is 14.2. The van der Waals surface area contributed by atoms with Gasteiger partial charge in [-0.05, 0) is 18.6 Å². The number of aliphatic hydroxyl groups excluding tert-OH is 4. The van der Waals surface area contributed by atoms with Crippen LogP contribution in [0.1, 0.15) is 78.1 Å². The molecule has 0 spiro atoms. The first-order chi connectivity index (χ1) is 19.3. The summed E-state index contributed by atoms with van der Waals surface area (Å²) < 4.78 is 27.4. The van der Waals surface area contributed by atoms with E-state index in [0.29, 0.717) is 12.4 Å². The van der Waals surface area contributed by atoms with Gasteiger partial charge in [0.05, 0.1) is 18.6 Å². The summed E-state index contributed by atoms with van der Waals surface area (Å²) in [7, 11) is 0. The summed E-state index contributed by atoms with van der Waals surface area (Å²) >= 11 is 0. The second-order valence-electron chi connectivity index (χ2n) is 10.1. The van der Waals surface area contributed by atoms with Gasteiger partial charge in [-0.2, -0.15) is 0 Å². The highest BCUT2D eigenvalue weighted by atomic mass is 16.7. The molecule has 0 unspecified atom stereocenters. The van der Waals surface area contributed by atoms with Crippen LogP contribution in [0.25, 0.3) is 11.0 Å². The maximum atomic E-state index is 12.7. The lowest BCUT2D eigenvalue weighted by atomic mass is 9.99. The number of fused-ring (bicyclic) bond motifs is 1. The Labute approximate surface area is 233 Å². The van der Waals surface area contributed by atoms with Crippen molar-refractivity contribution in [2.24, 2.45) is 0 Å². The fourth-order valence-electron chi connectivity index (χ4n) is 4.63. The molecule has 2 heterocycles. The first kappa shape index (κ1) is 31.8. The zero-order valence-corrected chi connectivity index (χ0v) is 23.3. The number of carbonyl (C=O) groups excluding carboxylic acids is 1. The molecule has 11 heteroatoms. The first-order valence-electron chi connectivity index (χ1n) is 14.2. The molecule has 0 bridgehead atoms. The number of hydrogen-bond donors (Lipinski definition) is 4. The minimum atomic E-state index is -1.74. The van der Waals surface area contributed by atoms with Crippen molar-refractivity contribution in [3.8, 4) is 17.2 Å². The number of benzene rings is 1. The van der Waals surface area contributed by atoms with E-state index in [0.717, 1.165) is 26.2 Å². The number of ether oxygens (including phenoxy) is 4. The Hall–Kier alpha value is -2.70. The summed E-state index contributed by atoms with van der Waals surface area (Å²) in [5.74, 6) is -1.20. The molecule has 1 aliphatic heterocycles. The third-order valence-electron chi connectivity index (χ3n) is 6.89. The number of esters is 1. The van der Waals surface area contributed by atoms with Gasteiger partial charge in [0.25, 0.3) is 5.75 Å². The molecule has 0 radical (unpaired) electrons. The average Bonchev–Trinajstić information content (AvgIpc) is 2.93. The zero-order chi connectivity index (χ0) is 29.1. The van der Waals surface area contributed by atoms with Gasteiger partial charge in [-0.3, -0.25) is 4.79 Å². The van der Waals surface area contributed by atoms with Crippen molar-refractivity contribution in [3.05, 3.63) is 28.6 Å². The van der Waals surface area contributed by atoms with Crippen LogP contribution >= 0.6 is 0 Å². The van der Waals surface area contributed by atoms with Gasteiger partial charge >= 0.3 is 11.6 Å². The summed E-state index contributed by atoms with van der Waals surface area (Å²) in [6.45, 7) is 3.13. The van der Waals surface area contributed by atoms with Gasteiger partial charge in [-0.1, -0.05) is 64.7 Å². The molecular formula is C29H42O11. The summed E-state index contributed by atoms with van der Waals surface area (Å²) in [4.78, 5) is 24.4. The summed E-state index contributed by atoms with van der Waals surface area (Å²) in [6, 6.07) is 4.68. The maximum Gasteiger partial charge on any atom is 0.383 e. The Morgan fingerprint density at radius 2 is 1.55 bits per heavy atom. The number of aliphatic hydroxyl groups is 4. The topological polar surface area (TPSA) is 165 Å². The lowest BCUT2D eigenvalue weighted by Crippen LogP contribution is -2.60. The highest BCUT2D eigenvalue weighted by molar-refractivity contribution is 5.87. The van der Waals surface area contributed by atoms with Crippen LogP contribution in [0.3, 0.4) is 0 Å². The van der Waals surface area contributed by atoms with Crippen molar-refractivity contribution in [2.75, 3.05) is 13.2 Å². The van der Waals surface area contributed by atoms with Crippen molar-refractivity contribution < 1.29 is 48.6 Å². The van der Waals surface area contributed by atoms with E-state index in [9.17, 15) is 30.0 Å². The SMILES string of the molecule is CCCCCCCCCCCCOc1ccc2c(O[C@@H]3O[C@H](CO)[C@@H](O)[C@H](O)[C@@H]3O)c(OC(C)=O)c(=O)oc2c1. The van der Waals surface area contributed by atoms with Gasteiger partial charge < -0.3 is 43.8 Å². The van der Waals surface area contributed by atoms with Crippen LogP contribution in [-0.2, 0) is 9.53 Å². The smallest absolute Gasteiger partial charge is 0.383 e. The van der Waals surface area contributed by atoms with Crippen LogP contribution in [0.5, 0.6) is 17.2 Å². The Bertz CT molecular complexity index is 1130. The minimum absolute atomic E-state index is 0.0704. The average molecular weight is 567 g/mol. The molecule has 0 aliphatic carbocycles. The van der Waals surface area contributed by atoms with Crippen molar-refractivity contribution >= 4 is 16.9 Å².